The maximum Gasteiger partial charge on any atom is 0.0697 e. The van der Waals surface area contributed by atoms with E-state index in [4.69, 9.17) is 4.74 Å². The van der Waals surface area contributed by atoms with Crippen LogP contribution in [0.25, 0.3) is 0 Å². The second kappa shape index (κ2) is 5.05. The van der Waals surface area contributed by atoms with Crippen molar-refractivity contribution in [3.05, 3.63) is 0 Å². The lowest BCUT2D eigenvalue weighted by atomic mass is 9.73. The van der Waals surface area contributed by atoms with Crippen molar-refractivity contribution in [3.63, 3.8) is 0 Å². The topological polar surface area (TPSA) is 21.3 Å². The predicted octanol–water partition coefficient (Wildman–Crippen LogP) is 3.11. The van der Waals surface area contributed by atoms with Gasteiger partial charge < -0.3 is 10.1 Å². The highest BCUT2D eigenvalue weighted by atomic mass is 16.5. The minimum absolute atomic E-state index is 0.283. The third-order valence-electron chi connectivity index (χ3n) is 4.75. The molecule has 1 spiro atoms. The van der Waals surface area contributed by atoms with Crippen LogP contribution in [0.15, 0.2) is 0 Å². The molecule has 3 atom stereocenters. The number of rotatable bonds is 4. The van der Waals surface area contributed by atoms with Crippen molar-refractivity contribution >= 4 is 0 Å². The Morgan fingerprint density at radius 2 is 2.12 bits per heavy atom. The molecular weight excluding hydrogens is 198 g/mol. The van der Waals surface area contributed by atoms with Crippen molar-refractivity contribution in [1.29, 1.82) is 0 Å². The van der Waals surface area contributed by atoms with E-state index in [9.17, 15) is 0 Å². The summed E-state index contributed by atoms with van der Waals surface area (Å²) in [5.74, 6) is 0.778. The fraction of sp³-hybridized carbons (Fsp3) is 1.00. The number of hydrogen-bond donors (Lipinski definition) is 1. The van der Waals surface area contributed by atoms with Gasteiger partial charge >= 0.3 is 0 Å². The molecule has 16 heavy (non-hydrogen) atoms. The standard InChI is InChI=1S/C14H27NO/c1-4-11(2)12(3)15-13-6-9-16-14(10-13)7-5-8-14/h11-13,15H,4-10H2,1-3H3. The van der Waals surface area contributed by atoms with Gasteiger partial charge in [-0.2, -0.15) is 0 Å². The number of ether oxygens (including phenoxy) is 1. The molecule has 2 heteroatoms. The van der Waals surface area contributed by atoms with Gasteiger partial charge in [0.25, 0.3) is 0 Å². The Balaban J connectivity index is 1.81. The molecule has 3 unspecified atom stereocenters. The zero-order valence-corrected chi connectivity index (χ0v) is 11.1. The van der Waals surface area contributed by atoms with E-state index in [1.807, 2.05) is 0 Å². The fourth-order valence-electron chi connectivity index (χ4n) is 2.98. The monoisotopic (exact) mass is 225 g/mol. The first-order chi connectivity index (χ1) is 7.65. The first-order valence-electron chi connectivity index (χ1n) is 7.05. The van der Waals surface area contributed by atoms with E-state index < -0.39 is 0 Å². The summed E-state index contributed by atoms with van der Waals surface area (Å²) in [7, 11) is 0. The molecule has 1 saturated carbocycles. The minimum atomic E-state index is 0.283. The summed E-state index contributed by atoms with van der Waals surface area (Å²) in [6.07, 6.45) is 7.66. The van der Waals surface area contributed by atoms with Crippen molar-refractivity contribution < 1.29 is 4.74 Å². The van der Waals surface area contributed by atoms with Gasteiger partial charge in [-0.3, -0.25) is 0 Å². The van der Waals surface area contributed by atoms with Gasteiger partial charge in [0.05, 0.1) is 5.60 Å². The summed E-state index contributed by atoms with van der Waals surface area (Å²) in [5.41, 5.74) is 0.283. The Kier molecular flexibility index (Phi) is 3.91. The summed E-state index contributed by atoms with van der Waals surface area (Å²) in [6.45, 7) is 7.92. The molecule has 0 bridgehead atoms. The largest absolute Gasteiger partial charge is 0.375 e. The highest BCUT2D eigenvalue weighted by molar-refractivity contribution is 4.96. The van der Waals surface area contributed by atoms with Crippen LogP contribution in [0.5, 0.6) is 0 Å². The van der Waals surface area contributed by atoms with Crippen molar-refractivity contribution in [2.45, 2.75) is 77.0 Å². The van der Waals surface area contributed by atoms with Crippen molar-refractivity contribution in [2.24, 2.45) is 5.92 Å². The smallest absolute Gasteiger partial charge is 0.0697 e. The van der Waals surface area contributed by atoms with Crippen LogP contribution in [0.3, 0.4) is 0 Å². The maximum absolute atomic E-state index is 5.96. The van der Waals surface area contributed by atoms with E-state index in [1.165, 1.54) is 38.5 Å². The summed E-state index contributed by atoms with van der Waals surface area (Å²) >= 11 is 0. The molecule has 1 heterocycles. The molecule has 0 radical (unpaired) electrons. The van der Waals surface area contributed by atoms with Crippen LogP contribution >= 0.6 is 0 Å². The summed E-state index contributed by atoms with van der Waals surface area (Å²) in [5, 5.41) is 3.81. The second-order valence-electron chi connectivity index (χ2n) is 5.92. The van der Waals surface area contributed by atoms with E-state index in [2.05, 4.69) is 26.1 Å². The lowest BCUT2D eigenvalue weighted by Gasteiger charge is -2.48. The number of nitrogens with one attached hydrogen (secondary N) is 1. The van der Waals surface area contributed by atoms with Gasteiger partial charge in [0.15, 0.2) is 0 Å². The minimum Gasteiger partial charge on any atom is -0.375 e. The molecular formula is C14H27NO. The number of hydrogen-bond acceptors (Lipinski definition) is 2. The Labute approximate surface area is 100 Å². The first-order valence-corrected chi connectivity index (χ1v) is 7.05. The van der Waals surface area contributed by atoms with E-state index in [0.29, 0.717) is 12.1 Å². The molecule has 0 amide bonds. The van der Waals surface area contributed by atoms with Crippen LogP contribution in [-0.4, -0.2) is 24.3 Å². The normalized spacial score (nSPS) is 32.1. The summed E-state index contributed by atoms with van der Waals surface area (Å²) in [6, 6.07) is 1.34. The van der Waals surface area contributed by atoms with Gasteiger partial charge in [0.2, 0.25) is 0 Å². The van der Waals surface area contributed by atoms with Crippen LogP contribution in [0.2, 0.25) is 0 Å². The summed E-state index contributed by atoms with van der Waals surface area (Å²) < 4.78 is 5.96. The fourth-order valence-corrected chi connectivity index (χ4v) is 2.98. The van der Waals surface area contributed by atoms with Crippen LogP contribution in [0.1, 0.15) is 59.3 Å². The Hall–Kier alpha value is -0.0800. The zero-order chi connectivity index (χ0) is 11.6. The molecule has 1 aliphatic heterocycles. The molecule has 2 fully saturated rings. The van der Waals surface area contributed by atoms with Gasteiger partial charge in [-0.25, -0.2) is 0 Å². The van der Waals surface area contributed by atoms with Gasteiger partial charge in [-0.1, -0.05) is 20.3 Å². The highest BCUT2D eigenvalue weighted by Gasteiger charge is 2.42. The lowest BCUT2D eigenvalue weighted by molar-refractivity contribution is -0.136. The van der Waals surface area contributed by atoms with Crippen LogP contribution < -0.4 is 5.32 Å². The molecule has 2 rings (SSSR count). The van der Waals surface area contributed by atoms with Crippen LogP contribution in [0.4, 0.5) is 0 Å². The Morgan fingerprint density at radius 3 is 2.69 bits per heavy atom. The van der Waals surface area contributed by atoms with Crippen molar-refractivity contribution in [2.75, 3.05) is 6.61 Å². The van der Waals surface area contributed by atoms with Crippen molar-refractivity contribution in [3.8, 4) is 0 Å². The van der Waals surface area contributed by atoms with Gasteiger partial charge in [0, 0.05) is 18.7 Å². The molecule has 1 aliphatic carbocycles. The zero-order valence-electron chi connectivity index (χ0n) is 11.1. The van der Waals surface area contributed by atoms with E-state index >= 15 is 0 Å². The first kappa shape index (κ1) is 12.4. The second-order valence-corrected chi connectivity index (χ2v) is 5.92. The SMILES string of the molecule is CCC(C)C(C)NC1CCOC2(CCC2)C1. The molecule has 1 saturated heterocycles. The quantitative estimate of drug-likeness (QED) is 0.794. The third kappa shape index (κ3) is 2.60. The molecule has 1 N–H and O–H groups in total. The Bertz CT molecular complexity index is 225. The van der Waals surface area contributed by atoms with Crippen LogP contribution in [-0.2, 0) is 4.74 Å². The van der Waals surface area contributed by atoms with Gasteiger partial charge in [-0.15, -0.1) is 0 Å². The molecule has 0 aromatic rings. The van der Waals surface area contributed by atoms with E-state index in [1.54, 1.807) is 0 Å². The molecule has 94 valence electrons. The van der Waals surface area contributed by atoms with E-state index in [0.717, 1.165) is 12.5 Å². The average molecular weight is 225 g/mol. The molecule has 2 nitrogen and oxygen atoms in total. The predicted molar refractivity (Wildman–Crippen MR) is 67.6 cm³/mol. The van der Waals surface area contributed by atoms with E-state index in [-0.39, 0.29) is 5.60 Å². The van der Waals surface area contributed by atoms with Crippen molar-refractivity contribution in [1.82, 2.24) is 5.32 Å². The maximum atomic E-state index is 5.96. The molecule has 0 aromatic heterocycles. The molecule has 0 aromatic carbocycles. The lowest BCUT2D eigenvalue weighted by Crippen LogP contribution is -2.53. The molecule has 2 aliphatic rings. The van der Waals surface area contributed by atoms with Gasteiger partial charge in [0.1, 0.15) is 0 Å². The summed E-state index contributed by atoms with van der Waals surface area (Å²) in [4.78, 5) is 0. The van der Waals surface area contributed by atoms with Gasteiger partial charge in [-0.05, 0) is 44.9 Å². The Morgan fingerprint density at radius 1 is 1.38 bits per heavy atom. The highest BCUT2D eigenvalue weighted by Crippen LogP contribution is 2.42. The average Bonchev–Trinajstić information content (AvgIpc) is 2.26. The van der Waals surface area contributed by atoms with Crippen LogP contribution in [0, 0.1) is 5.92 Å². The third-order valence-corrected chi connectivity index (χ3v) is 4.75.